The molecule has 0 fully saturated rings. The molecule has 0 bridgehead atoms. The van der Waals surface area contributed by atoms with Crippen LogP contribution < -0.4 is 16.4 Å². The van der Waals surface area contributed by atoms with Gasteiger partial charge in [0.1, 0.15) is 0 Å². The van der Waals surface area contributed by atoms with Crippen LogP contribution in [-0.4, -0.2) is 56.5 Å². The summed E-state index contributed by atoms with van der Waals surface area (Å²) in [5.41, 5.74) is 15.9. The molecule has 0 radical (unpaired) electrons. The topological polar surface area (TPSA) is 110 Å². The Morgan fingerprint density at radius 1 is 0.952 bits per heavy atom. The molecule has 0 spiro atoms. The van der Waals surface area contributed by atoms with E-state index in [1.54, 1.807) is 4.68 Å². The normalized spacial score (nSPS) is 16.2. The number of nitrogens with zero attached hydrogens (tertiary/aromatic N) is 6. The van der Waals surface area contributed by atoms with Gasteiger partial charge in [0.15, 0.2) is 5.82 Å². The summed E-state index contributed by atoms with van der Waals surface area (Å²) in [6.45, 7) is 7.96. The molecule has 0 aliphatic heterocycles. The Labute approximate surface area is 248 Å². The van der Waals surface area contributed by atoms with Crippen molar-refractivity contribution in [2.24, 2.45) is 5.92 Å². The van der Waals surface area contributed by atoms with Crippen molar-refractivity contribution >= 4 is 23.3 Å². The number of rotatable bonds is 9. The van der Waals surface area contributed by atoms with Gasteiger partial charge in [-0.25, -0.2) is 0 Å². The van der Waals surface area contributed by atoms with Crippen molar-refractivity contribution in [2.45, 2.75) is 65.2 Å². The van der Waals surface area contributed by atoms with Gasteiger partial charge in [0.2, 0.25) is 11.9 Å². The van der Waals surface area contributed by atoms with E-state index < -0.39 is 0 Å². The number of hydrogen-bond acceptors (Lipinski definition) is 8. The maximum Gasteiger partial charge on any atom is 0.248 e. The number of hydrogen-bond donors (Lipinski definition) is 3. The molecule has 9 heteroatoms. The monoisotopic (exact) mass is 565 g/mol. The van der Waals surface area contributed by atoms with Gasteiger partial charge in [-0.3, -0.25) is 0 Å². The van der Waals surface area contributed by atoms with Crippen LogP contribution in [0, 0.1) is 5.92 Å². The third kappa shape index (κ3) is 5.70. The van der Waals surface area contributed by atoms with E-state index in [-0.39, 0.29) is 5.95 Å². The number of aromatic nitrogens is 5. The van der Waals surface area contributed by atoms with Crippen molar-refractivity contribution < 1.29 is 0 Å². The number of anilines is 4. The molecule has 4 N–H and O–H groups in total. The SMILES string of the molecule is CCN(CC)CCC1CCc2ccc(Nc3nc(N)n(-c4cc5c(nn4)-c4ccccc4CCC5)n3)c(NC)c2CC1. The highest BCUT2D eigenvalue weighted by molar-refractivity contribution is 5.77. The molecule has 2 aliphatic rings. The highest BCUT2D eigenvalue weighted by Crippen LogP contribution is 2.37. The average molecular weight is 566 g/mol. The summed E-state index contributed by atoms with van der Waals surface area (Å²) in [6.07, 6.45) is 8.96. The molecule has 2 heterocycles. The van der Waals surface area contributed by atoms with Gasteiger partial charge in [0.05, 0.1) is 17.1 Å². The molecule has 42 heavy (non-hydrogen) atoms. The van der Waals surface area contributed by atoms with E-state index >= 15 is 0 Å². The Bertz CT molecular complexity index is 1540. The molecule has 0 saturated carbocycles. The molecule has 220 valence electrons. The van der Waals surface area contributed by atoms with Gasteiger partial charge >= 0.3 is 0 Å². The lowest BCUT2D eigenvalue weighted by atomic mass is 9.95. The van der Waals surface area contributed by atoms with Crippen molar-refractivity contribution in [3.05, 3.63) is 64.7 Å². The van der Waals surface area contributed by atoms with Gasteiger partial charge < -0.3 is 21.3 Å². The van der Waals surface area contributed by atoms with Crippen molar-refractivity contribution in [3.63, 3.8) is 0 Å². The fourth-order valence-electron chi connectivity index (χ4n) is 6.69. The third-order valence-corrected chi connectivity index (χ3v) is 9.15. The van der Waals surface area contributed by atoms with Crippen LogP contribution in [0.25, 0.3) is 17.1 Å². The van der Waals surface area contributed by atoms with Gasteiger partial charge in [-0.2, -0.15) is 9.67 Å². The lowest BCUT2D eigenvalue weighted by Gasteiger charge is -2.21. The number of nitrogen functional groups attached to an aromatic ring is 1. The predicted octanol–water partition coefficient (Wildman–Crippen LogP) is 5.81. The lowest BCUT2D eigenvalue weighted by molar-refractivity contribution is 0.267. The van der Waals surface area contributed by atoms with Gasteiger partial charge in [0.25, 0.3) is 0 Å². The minimum atomic E-state index is 0.276. The Morgan fingerprint density at radius 2 is 1.76 bits per heavy atom. The summed E-state index contributed by atoms with van der Waals surface area (Å²) < 4.78 is 1.58. The minimum Gasteiger partial charge on any atom is -0.386 e. The summed E-state index contributed by atoms with van der Waals surface area (Å²) in [5, 5.41) is 20.8. The second-order valence-corrected chi connectivity index (χ2v) is 11.6. The quantitative estimate of drug-likeness (QED) is 0.218. The number of nitrogens with one attached hydrogen (secondary N) is 2. The van der Waals surface area contributed by atoms with Crippen LogP contribution in [-0.2, 0) is 25.7 Å². The molecule has 2 aromatic heterocycles. The van der Waals surface area contributed by atoms with Crippen molar-refractivity contribution in [2.75, 3.05) is 43.0 Å². The first-order chi connectivity index (χ1) is 20.6. The first kappa shape index (κ1) is 28.2. The zero-order chi connectivity index (χ0) is 29.1. The van der Waals surface area contributed by atoms with E-state index in [1.807, 2.05) is 7.05 Å². The second kappa shape index (κ2) is 12.5. The van der Waals surface area contributed by atoms with E-state index in [0.717, 1.165) is 79.3 Å². The number of nitrogens with two attached hydrogens (primary N) is 1. The maximum atomic E-state index is 6.36. The lowest BCUT2D eigenvalue weighted by Crippen LogP contribution is -2.25. The Kier molecular flexibility index (Phi) is 8.37. The number of benzene rings is 2. The molecule has 0 amide bonds. The maximum absolute atomic E-state index is 6.36. The average Bonchev–Trinajstić information content (AvgIpc) is 3.15. The van der Waals surface area contributed by atoms with E-state index in [4.69, 9.17) is 10.8 Å². The van der Waals surface area contributed by atoms with Crippen molar-refractivity contribution in [1.29, 1.82) is 0 Å². The smallest absolute Gasteiger partial charge is 0.248 e. The Hall–Kier alpha value is -3.98. The van der Waals surface area contributed by atoms with Crippen LogP contribution in [0.5, 0.6) is 0 Å². The molecular weight excluding hydrogens is 522 g/mol. The zero-order valence-electron chi connectivity index (χ0n) is 25.2. The van der Waals surface area contributed by atoms with E-state index in [9.17, 15) is 0 Å². The molecule has 2 aliphatic carbocycles. The summed E-state index contributed by atoms with van der Waals surface area (Å²) in [5.74, 6) is 2.05. The molecule has 6 rings (SSSR count). The standard InChI is InChI=1S/C33H43N9/c1-4-41(5-2)20-19-22-13-15-24-16-18-28(31(35-3)27(24)17-14-22)36-33-37-32(34)42(40-33)29-21-25-11-8-10-23-9-6-7-12-26(23)30(25)39-38-29/h6-7,9,12,16,18,21-22,35H,4-5,8,10-11,13-15,17,19-20H2,1-3H3,(H3,34,36,37,40). The van der Waals surface area contributed by atoms with Crippen LogP contribution >= 0.6 is 0 Å². The fraction of sp³-hybridized carbons (Fsp3) is 0.455. The van der Waals surface area contributed by atoms with Crippen molar-refractivity contribution in [3.8, 4) is 17.1 Å². The van der Waals surface area contributed by atoms with Crippen LogP contribution in [0.1, 0.15) is 61.8 Å². The van der Waals surface area contributed by atoms with Gasteiger partial charge in [0, 0.05) is 12.6 Å². The van der Waals surface area contributed by atoms with Gasteiger partial charge in [-0.05, 0) is 111 Å². The highest BCUT2D eigenvalue weighted by Gasteiger charge is 2.22. The molecule has 0 saturated heterocycles. The Morgan fingerprint density at radius 3 is 2.60 bits per heavy atom. The van der Waals surface area contributed by atoms with Crippen LogP contribution in [0.3, 0.4) is 0 Å². The fourth-order valence-corrected chi connectivity index (χ4v) is 6.69. The summed E-state index contributed by atoms with van der Waals surface area (Å²) in [6, 6.07) is 14.9. The van der Waals surface area contributed by atoms with E-state index in [1.165, 1.54) is 42.5 Å². The minimum absolute atomic E-state index is 0.276. The van der Waals surface area contributed by atoms with E-state index in [0.29, 0.717) is 11.8 Å². The van der Waals surface area contributed by atoms with Crippen molar-refractivity contribution in [1.82, 2.24) is 29.9 Å². The van der Waals surface area contributed by atoms with Crippen LogP contribution in [0.2, 0.25) is 0 Å². The second-order valence-electron chi connectivity index (χ2n) is 11.6. The van der Waals surface area contributed by atoms with Gasteiger partial charge in [-0.1, -0.05) is 44.2 Å². The summed E-state index contributed by atoms with van der Waals surface area (Å²) in [4.78, 5) is 7.08. The number of fused-ring (bicyclic) bond motifs is 4. The zero-order valence-corrected chi connectivity index (χ0v) is 25.2. The Balaban J connectivity index is 1.21. The molecular formula is C33H43N9. The largest absolute Gasteiger partial charge is 0.386 e. The van der Waals surface area contributed by atoms with E-state index in [2.05, 4.69) is 87.0 Å². The molecule has 4 aromatic rings. The van der Waals surface area contributed by atoms with Gasteiger partial charge in [-0.15, -0.1) is 15.3 Å². The number of aryl methyl sites for hydroxylation is 3. The molecule has 9 nitrogen and oxygen atoms in total. The summed E-state index contributed by atoms with van der Waals surface area (Å²) >= 11 is 0. The highest BCUT2D eigenvalue weighted by atomic mass is 15.4. The summed E-state index contributed by atoms with van der Waals surface area (Å²) in [7, 11) is 1.99. The molecule has 1 atom stereocenters. The first-order valence-corrected chi connectivity index (χ1v) is 15.6. The predicted molar refractivity (Wildman–Crippen MR) is 171 cm³/mol. The molecule has 2 aromatic carbocycles. The first-order valence-electron chi connectivity index (χ1n) is 15.6. The third-order valence-electron chi connectivity index (χ3n) is 9.15. The molecule has 1 unspecified atom stereocenters. The van der Waals surface area contributed by atoms with Crippen LogP contribution in [0.15, 0.2) is 42.5 Å². The van der Waals surface area contributed by atoms with Crippen LogP contribution in [0.4, 0.5) is 23.3 Å².